The minimum absolute atomic E-state index is 0.0189. The van der Waals surface area contributed by atoms with Crippen molar-refractivity contribution in [3.63, 3.8) is 0 Å². The second kappa shape index (κ2) is 9.78. The zero-order chi connectivity index (χ0) is 20.7. The number of hydrogen-bond acceptors (Lipinski definition) is 4. The molecule has 1 aromatic rings. The third-order valence-electron chi connectivity index (χ3n) is 4.27. The molecule has 2 N–H and O–H groups in total. The third kappa shape index (κ3) is 7.03. The van der Waals surface area contributed by atoms with E-state index in [1.165, 1.54) is 0 Å². The summed E-state index contributed by atoms with van der Waals surface area (Å²) in [4.78, 5) is 27.6. The van der Waals surface area contributed by atoms with Crippen molar-refractivity contribution in [2.75, 3.05) is 39.8 Å². The van der Waals surface area contributed by atoms with Crippen LogP contribution in [0.25, 0.3) is 0 Å². The number of carbonyl (C=O) groups is 2. The Balaban J connectivity index is 1.88. The maximum absolute atomic E-state index is 12.8. The second-order valence-electron chi connectivity index (χ2n) is 8.45. The molecule has 0 saturated carbocycles. The number of amides is 2. The molecule has 0 fully saturated rings. The van der Waals surface area contributed by atoms with Crippen LogP contribution in [-0.2, 0) is 9.59 Å². The van der Waals surface area contributed by atoms with E-state index in [0.717, 1.165) is 17.1 Å². The molecular weight excluding hydrogens is 358 g/mol. The number of nitrogens with zero attached hydrogens (tertiary/aromatic N) is 1. The molecule has 1 heterocycles. The molecule has 2 rings (SSSR count). The summed E-state index contributed by atoms with van der Waals surface area (Å²) < 4.78 is 11.7. The lowest BCUT2D eigenvalue weighted by atomic mass is 10.1. The zero-order valence-corrected chi connectivity index (χ0v) is 17.7. The molecule has 0 aromatic heterocycles. The van der Waals surface area contributed by atoms with E-state index in [1.54, 1.807) is 0 Å². The molecule has 0 spiro atoms. The van der Waals surface area contributed by atoms with Crippen LogP contribution < -0.4 is 19.7 Å². The van der Waals surface area contributed by atoms with Gasteiger partial charge in [-0.3, -0.25) is 9.59 Å². The number of benzene rings is 1. The van der Waals surface area contributed by atoms with Crippen LogP contribution >= 0.6 is 0 Å². The van der Waals surface area contributed by atoms with Crippen LogP contribution in [0.3, 0.4) is 0 Å². The molecule has 0 saturated heterocycles. The fraction of sp³-hybridized carbons (Fsp3) is 0.619. The fourth-order valence-electron chi connectivity index (χ4n) is 3.16. The monoisotopic (exact) mass is 392 g/mol. The summed E-state index contributed by atoms with van der Waals surface area (Å²) in [5.41, 5.74) is -0.274. The smallest absolute Gasteiger partial charge is 0.277 e. The van der Waals surface area contributed by atoms with Crippen LogP contribution in [0.5, 0.6) is 11.5 Å². The summed E-state index contributed by atoms with van der Waals surface area (Å²) in [5, 5.41) is 2.93. The van der Waals surface area contributed by atoms with Gasteiger partial charge in [0.05, 0.1) is 13.6 Å². The predicted molar refractivity (Wildman–Crippen MR) is 108 cm³/mol. The number of rotatable bonds is 8. The van der Waals surface area contributed by atoms with Gasteiger partial charge >= 0.3 is 0 Å². The van der Waals surface area contributed by atoms with Crippen molar-refractivity contribution in [3.8, 4) is 11.5 Å². The summed E-state index contributed by atoms with van der Waals surface area (Å²) in [6.07, 6.45) is 0.661. The van der Waals surface area contributed by atoms with Crippen molar-refractivity contribution in [2.24, 2.45) is 0 Å². The van der Waals surface area contributed by atoms with Gasteiger partial charge in [-0.2, -0.15) is 0 Å². The molecule has 0 aliphatic carbocycles. The zero-order valence-electron chi connectivity index (χ0n) is 17.7. The van der Waals surface area contributed by atoms with Gasteiger partial charge in [0.15, 0.2) is 30.7 Å². The first kappa shape index (κ1) is 22.0. The van der Waals surface area contributed by atoms with Crippen molar-refractivity contribution in [3.05, 3.63) is 24.3 Å². The maximum Gasteiger partial charge on any atom is 0.277 e. The summed E-state index contributed by atoms with van der Waals surface area (Å²) in [5.74, 6) is 1.41. The van der Waals surface area contributed by atoms with Gasteiger partial charge in [-0.15, -0.1) is 0 Å². The quantitative estimate of drug-likeness (QED) is 0.676. The number of ether oxygens (including phenoxy) is 2. The van der Waals surface area contributed by atoms with E-state index in [1.807, 2.05) is 63.9 Å². The fourth-order valence-corrected chi connectivity index (χ4v) is 3.16. The molecule has 7 nitrogen and oxygen atoms in total. The van der Waals surface area contributed by atoms with Crippen LogP contribution in [0.15, 0.2) is 24.3 Å². The Labute approximate surface area is 168 Å². The van der Waals surface area contributed by atoms with Crippen LogP contribution in [0.4, 0.5) is 0 Å². The Bertz CT molecular complexity index is 672. The minimum atomic E-state index is -0.274. The Morgan fingerprint density at radius 2 is 1.89 bits per heavy atom. The lowest BCUT2D eigenvalue weighted by Crippen LogP contribution is -3.11. The summed E-state index contributed by atoms with van der Waals surface area (Å²) in [7, 11) is 1.86. The molecule has 28 heavy (non-hydrogen) atoms. The molecule has 2 atom stereocenters. The second-order valence-corrected chi connectivity index (χ2v) is 8.45. The molecule has 1 aromatic carbocycles. The van der Waals surface area contributed by atoms with Crippen LogP contribution in [-0.4, -0.2) is 68.2 Å². The molecule has 7 heteroatoms. The highest BCUT2D eigenvalue weighted by Gasteiger charge is 2.27. The Morgan fingerprint density at radius 3 is 2.54 bits per heavy atom. The standard InChI is InChI=1S/C21H33N3O4/c1-6-11-24(12-16-15-27-17-9-7-8-10-18(17)28-16)20(26)14-23(5)13-19(25)22-21(2,3)4/h7-10,16H,6,11-15H2,1-5H3,(H,22,25)/p+1/t16-/m1/s1. The molecule has 156 valence electrons. The number of nitrogens with one attached hydrogen (secondary N) is 2. The molecule has 0 radical (unpaired) electrons. The van der Waals surface area contributed by atoms with Gasteiger partial charge < -0.3 is 24.6 Å². The number of fused-ring (bicyclic) bond motifs is 1. The lowest BCUT2D eigenvalue weighted by Gasteiger charge is -2.31. The van der Waals surface area contributed by atoms with Gasteiger partial charge in [0, 0.05) is 12.1 Å². The summed E-state index contributed by atoms with van der Waals surface area (Å²) >= 11 is 0. The Kier molecular flexibility index (Phi) is 7.69. The van der Waals surface area contributed by atoms with E-state index in [-0.39, 0.29) is 36.5 Å². The molecular formula is C21H34N3O4+. The molecule has 2 amide bonds. The number of quaternary nitrogens is 1. The van der Waals surface area contributed by atoms with Gasteiger partial charge in [0.1, 0.15) is 6.61 Å². The summed E-state index contributed by atoms with van der Waals surface area (Å²) in [6, 6.07) is 7.56. The van der Waals surface area contributed by atoms with Crippen LogP contribution in [0.1, 0.15) is 34.1 Å². The van der Waals surface area contributed by atoms with E-state index in [4.69, 9.17) is 9.47 Å². The minimum Gasteiger partial charge on any atom is -0.486 e. The third-order valence-corrected chi connectivity index (χ3v) is 4.27. The van der Waals surface area contributed by atoms with Crippen molar-refractivity contribution in [1.29, 1.82) is 0 Å². The predicted octanol–water partition coefficient (Wildman–Crippen LogP) is 0.494. The average molecular weight is 393 g/mol. The molecule has 1 unspecified atom stereocenters. The highest BCUT2D eigenvalue weighted by atomic mass is 16.6. The van der Waals surface area contributed by atoms with Gasteiger partial charge in [-0.1, -0.05) is 19.1 Å². The first-order valence-corrected chi connectivity index (χ1v) is 9.96. The first-order chi connectivity index (χ1) is 13.2. The largest absolute Gasteiger partial charge is 0.486 e. The number of likely N-dealkylation sites (N-methyl/N-ethyl adjacent to an activating group) is 1. The SMILES string of the molecule is CCCN(C[C@@H]1COc2ccccc2O1)C(=O)C[NH+](C)CC(=O)NC(C)(C)C. The Hall–Kier alpha value is -2.28. The molecule has 1 aliphatic heterocycles. The van der Waals surface area contributed by atoms with E-state index < -0.39 is 0 Å². The van der Waals surface area contributed by atoms with Crippen LogP contribution in [0, 0.1) is 0 Å². The number of carbonyl (C=O) groups excluding carboxylic acids is 2. The van der Waals surface area contributed by atoms with E-state index in [0.29, 0.717) is 25.4 Å². The average Bonchev–Trinajstić information content (AvgIpc) is 2.59. The van der Waals surface area contributed by atoms with Crippen molar-refractivity contribution in [2.45, 2.75) is 45.8 Å². The normalized spacial score (nSPS) is 17.0. The van der Waals surface area contributed by atoms with Crippen LogP contribution in [0.2, 0.25) is 0 Å². The van der Waals surface area contributed by atoms with Gasteiger partial charge in [0.2, 0.25) is 0 Å². The van der Waals surface area contributed by atoms with Gasteiger partial charge in [-0.25, -0.2) is 0 Å². The van der Waals surface area contributed by atoms with Crippen molar-refractivity contribution < 1.29 is 24.0 Å². The van der Waals surface area contributed by atoms with Gasteiger partial charge in [-0.05, 0) is 39.3 Å². The number of para-hydroxylation sites is 2. The summed E-state index contributed by atoms with van der Waals surface area (Å²) in [6.45, 7) is 9.95. The van der Waals surface area contributed by atoms with E-state index in [2.05, 4.69) is 5.32 Å². The Morgan fingerprint density at radius 1 is 1.21 bits per heavy atom. The lowest BCUT2D eigenvalue weighted by molar-refractivity contribution is -0.863. The van der Waals surface area contributed by atoms with Crippen molar-refractivity contribution >= 4 is 11.8 Å². The number of hydrogen-bond donors (Lipinski definition) is 2. The molecule has 1 aliphatic rings. The molecule has 0 bridgehead atoms. The highest BCUT2D eigenvalue weighted by Crippen LogP contribution is 2.31. The highest BCUT2D eigenvalue weighted by molar-refractivity contribution is 5.79. The maximum atomic E-state index is 12.8. The van der Waals surface area contributed by atoms with Gasteiger partial charge in [0.25, 0.3) is 11.8 Å². The topological polar surface area (TPSA) is 72.3 Å². The van der Waals surface area contributed by atoms with E-state index in [9.17, 15) is 9.59 Å². The van der Waals surface area contributed by atoms with E-state index >= 15 is 0 Å². The first-order valence-electron chi connectivity index (χ1n) is 9.96. The van der Waals surface area contributed by atoms with Crippen molar-refractivity contribution in [1.82, 2.24) is 10.2 Å².